The summed E-state index contributed by atoms with van der Waals surface area (Å²) in [5.41, 5.74) is 0. The van der Waals surface area contributed by atoms with Crippen LogP contribution < -0.4 is 0 Å². The molecule has 5 heteroatoms. The topological polar surface area (TPSA) is 52.6 Å². The van der Waals surface area contributed by atoms with Gasteiger partial charge in [-0.25, -0.2) is 0 Å². The molecule has 0 N–H and O–H groups in total. The van der Waals surface area contributed by atoms with Crippen molar-refractivity contribution < 1.29 is 34.9 Å². The summed E-state index contributed by atoms with van der Waals surface area (Å²) in [5, 5.41) is 0. The predicted octanol–water partition coefficient (Wildman–Crippen LogP) is 3.85. The van der Waals surface area contributed by atoms with E-state index in [1.54, 1.807) is 6.42 Å². The van der Waals surface area contributed by atoms with Crippen LogP contribution >= 0.6 is 0 Å². The van der Waals surface area contributed by atoms with Gasteiger partial charge >= 0.3 is 136 Å². The van der Waals surface area contributed by atoms with Gasteiger partial charge in [0.25, 0.3) is 0 Å². The monoisotopic (exact) mass is 339 g/mol. The molecule has 0 aliphatic heterocycles. The minimum absolute atomic E-state index is 0.238. The number of carbonyl (C=O) groups is 2. The Hall–Kier alpha value is -0.671. The molecule has 0 aliphatic rings. The molecule has 0 saturated heterocycles. The summed E-state index contributed by atoms with van der Waals surface area (Å²) in [5.74, 6) is -1.19. The summed E-state index contributed by atoms with van der Waals surface area (Å²) in [4.78, 5) is 31.8. The van der Waals surface area contributed by atoms with Gasteiger partial charge in [-0.2, -0.15) is 0 Å². The minimum atomic E-state index is -0.689. The quantitative estimate of drug-likeness (QED) is 0.178. The second kappa shape index (κ2) is 14.3. The first-order chi connectivity index (χ1) is 10.1. The molecule has 21 heavy (non-hydrogen) atoms. The maximum absolute atomic E-state index is 11.5. The van der Waals surface area contributed by atoms with E-state index >= 15 is 0 Å². The molecule has 0 saturated carbocycles. The molecule has 0 bridgehead atoms. The van der Waals surface area contributed by atoms with Crippen LogP contribution in [0.25, 0.3) is 0 Å². The van der Waals surface area contributed by atoms with Crippen molar-refractivity contribution in [3.05, 3.63) is 6.42 Å². The molecule has 0 radical (unpaired) electrons. The van der Waals surface area contributed by atoms with Gasteiger partial charge in [-0.3, -0.25) is 0 Å². The van der Waals surface area contributed by atoms with Crippen LogP contribution in [-0.2, 0) is 34.9 Å². The first-order valence-corrected chi connectivity index (χ1v) is 8.43. The molecule has 0 aliphatic carbocycles. The molecule has 0 fully saturated rings. The van der Waals surface area contributed by atoms with E-state index in [4.69, 9.17) is 0 Å². The molecule has 0 heterocycles. The molecule has 0 aromatic heterocycles. The van der Waals surface area contributed by atoms with Crippen molar-refractivity contribution in [2.24, 2.45) is 0 Å². The maximum atomic E-state index is 11.5. The van der Waals surface area contributed by atoms with Crippen molar-refractivity contribution in [2.45, 2.75) is 78.1 Å². The molecule has 0 amide bonds. The van der Waals surface area contributed by atoms with Gasteiger partial charge in [-0.1, -0.05) is 0 Å². The van der Waals surface area contributed by atoms with Crippen molar-refractivity contribution in [2.75, 3.05) is 0 Å². The SMILES string of the molecule is CCCCC[CH-][C](=[Fe+])C(=O)OOC(=O)CCCCCCC. The van der Waals surface area contributed by atoms with Crippen molar-refractivity contribution in [1.82, 2.24) is 0 Å². The average Bonchev–Trinajstić information content (AvgIpc) is 2.48. The van der Waals surface area contributed by atoms with Crippen molar-refractivity contribution in [3.63, 3.8) is 0 Å². The van der Waals surface area contributed by atoms with Crippen molar-refractivity contribution >= 4 is 16.4 Å². The van der Waals surface area contributed by atoms with Gasteiger partial charge < -0.3 is 0 Å². The number of hydrogen-bond donors (Lipinski definition) is 0. The van der Waals surface area contributed by atoms with Crippen LogP contribution in [0, 0.1) is 6.42 Å². The van der Waals surface area contributed by atoms with Gasteiger partial charge in [0.1, 0.15) is 0 Å². The second-order valence-electron chi connectivity index (χ2n) is 5.03. The van der Waals surface area contributed by atoms with E-state index in [0.29, 0.717) is 0 Å². The second-order valence-corrected chi connectivity index (χ2v) is 5.62. The fourth-order valence-electron chi connectivity index (χ4n) is 1.74. The first kappa shape index (κ1) is 20.3. The summed E-state index contributed by atoms with van der Waals surface area (Å²) >= 11 is 3.60. The molecule has 4 nitrogen and oxygen atoms in total. The molecule has 0 unspecified atom stereocenters. The Morgan fingerprint density at radius 1 is 0.905 bits per heavy atom. The summed E-state index contributed by atoms with van der Waals surface area (Å²) in [6, 6.07) is 0. The normalized spacial score (nSPS) is 10.2. The average molecular weight is 339 g/mol. The Bertz CT molecular complexity index is 315. The van der Waals surface area contributed by atoms with Crippen molar-refractivity contribution in [3.8, 4) is 0 Å². The zero-order chi connectivity index (χ0) is 15.9. The molecule has 0 aromatic carbocycles. The zero-order valence-electron chi connectivity index (χ0n) is 13.1. The predicted molar refractivity (Wildman–Crippen MR) is 79.0 cm³/mol. The third kappa shape index (κ3) is 12.8. The summed E-state index contributed by atoms with van der Waals surface area (Å²) in [7, 11) is 0. The van der Waals surface area contributed by atoms with Gasteiger partial charge in [-0.15, -0.1) is 0 Å². The molecular formula is C16H27FeO4. The fourth-order valence-corrected chi connectivity index (χ4v) is 1.95. The van der Waals surface area contributed by atoms with E-state index < -0.39 is 11.9 Å². The Kier molecular flexibility index (Phi) is 13.8. The van der Waals surface area contributed by atoms with E-state index in [9.17, 15) is 9.59 Å². The standard InChI is InChI=1S/C16H27O4.Fe/c1-3-5-7-9-11-13-15(17)19-20-16(18)14-12-10-8-6-4-2;/h11H,3-10,12,14H2,1-2H3;/q-1;+1. The Morgan fingerprint density at radius 3 is 2.19 bits per heavy atom. The Balaban J connectivity index is 3.61. The third-order valence-electron chi connectivity index (χ3n) is 3.01. The van der Waals surface area contributed by atoms with Crippen LogP contribution in [0.3, 0.4) is 0 Å². The molecule has 0 spiro atoms. The molecule has 0 aromatic rings. The summed E-state index contributed by atoms with van der Waals surface area (Å²) in [6.45, 7) is 4.25. The summed E-state index contributed by atoms with van der Waals surface area (Å²) < 4.78 is 0.238. The number of carbonyl (C=O) groups excluding carboxylic acids is 2. The van der Waals surface area contributed by atoms with Gasteiger partial charge in [0.05, 0.1) is 0 Å². The fraction of sp³-hybridized carbons (Fsp3) is 0.750. The van der Waals surface area contributed by atoms with E-state index in [1.165, 1.54) is 12.8 Å². The van der Waals surface area contributed by atoms with Gasteiger partial charge in [-0.05, 0) is 0 Å². The third-order valence-corrected chi connectivity index (χ3v) is 3.46. The number of hydrogen-bond acceptors (Lipinski definition) is 4. The van der Waals surface area contributed by atoms with Crippen LogP contribution in [0.5, 0.6) is 0 Å². The van der Waals surface area contributed by atoms with E-state index in [1.807, 2.05) is 0 Å². The van der Waals surface area contributed by atoms with E-state index in [2.05, 4.69) is 39.2 Å². The number of unbranched alkanes of at least 4 members (excludes halogenated alkanes) is 7. The van der Waals surface area contributed by atoms with Crippen molar-refractivity contribution in [1.29, 1.82) is 0 Å². The van der Waals surface area contributed by atoms with E-state index in [0.717, 1.165) is 44.9 Å². The van der Waals surface area contributed by atoms with Crippen LogP contribution in [0.4, 0.5) is 0 Å². The Morgan fingerprint density at radius 2 is 1.52 bits per heavy atom. The van der Waals surface area contributed by atoms with Crippen LogP contribution in [-0.4, -0.2) is 16.4 Å². The molecular weight excluding hydrogens is 312 g/mol. The van der Waals surface area contributed by atoms with Gasteiger partial charge in [0.2, 0.25) is 0 Å². The van der Waals surface area contributed by atoms with Gasteiger partial charge in [0, 0.05) is 0 Å². The zero-order valence-corrected chi connectivity index (χ0v) is 14.2. The molecule has 123 valence electrons. The van der Waals surface area contributed by atoms with Crippen LogP contribution in [0.2, 0.25) is 0 Å². The molecule has 0 atom stereocenters. The van der Waals surface area contributed by atoms with E-state index in [-0.39, 0.29) is 10.8 Å². The Labute approximate surface area is 136 Å². The van der Waals surface area contributed by atoms with Crippen LogP contribution in [0.15, 0.2) is 0 Å². The summed E-state index contributed by atoms with van der Waals surface area (Å²) in [6.07, 6.45) is 11.3. The first-order valence-electron chi connectivity index (χ1n) is 7.87. The van der Waals surface area contributed by atoms with Gasteiger partial charge in [0.15, 0.2) is 0 Å². The number of rotatable bonds is 12. The molecule has 0 rings (SSSR count). The van der Waals surface area contributed by atoms with Crippen LogP contribution in [0.1, 0.15) is 78.1 Å².